The van der Waals surface area contributed by atoms with Gasteiger partial charge in [-0.1, -0.05) is 31.9 Å². The van der Waals surface area contributed by atoms with E-state index in [1.165, 1.54) is 13.3 Å². The number of carbonyl (C=O) groups excluding carboxylic acids is 3. The van der Waals surface area contributed by atoms with Crippen LogP contribution < -0.4 is 10.6 Å². The van der Waals surface area contributed by atoms with E-state index in [0.29, 0.717) is 17.2 Å². The van der Waals surface area contributed by atoms with Crippen molar-refractivity contribution >= 4 is 23.3 Å². The van der Waals surface area contributed by atoms with Gasteiger partial charge in [-0.3, -0.25) is 14.4 Å². The minimum Gasteiger partial charge on any atom is -0.345 e. The third-order valence-electron chi connectivity index (χ3n) is 4.16. The summed E-state index contributed by atoms with van der Waals surface area (Å²) < 4.78 is 0. The van der Waals surface area contributed by atoms with E-state index >= 15 is 0 Å². The van der Waals surface area contributed by atoms with Gasteiger partial charge in [0.2, 0.25) is 0 Å². The smallest absolute Gasteiger partial charge is 0.313 e. The van der Waals surface area contributed by atoms with Crippen molar-refractivity contribution in [3.63, 3.8) is 0 Å². The molecule has 1 aliphatic carbocycles. The average Bonchev–Trinajstić information content (AvgIpc) is 2.49. The molecule has 2 unspecified atom stereocenters. The van der Waals surface area contributed by atoms with Gasteiger partial charge in [-0.15, -0.1) is 0 Å². The highest BCUT2D eigenvalue weighted by atomic mass is 16.2. The van der Waals surface area contributed by atoms with E-state index in [0.717, 1.165) is 19.3 Å². The van der Waals surface area contributed by atoms with Crippen LogP contribution in [0.3, 0.4) is 0 Å². The van der Waals surface area contributed by atoms with E-state index in [9.17, 15) is 14.4 Å². The van der Waals surface area contributed by atoms with Crippen molar-refractivity contribution in [3.05, 3.63) is 29.8 Å². The van der Waals surface area contributed by atoms with Gasteiger partial charge in [0.1, 0.15) is 0 Å². The van der Waals surface area contributed by atoms with Crippen LogP contribution in [0.4, 0.5) is 5.69 Å². The summed E-state index contributed by atoms with van der Waals surface area (Å²) in [5, 5.41) is 5.35. The number of Topliss-reactive ketones (excluding diaryl/α,β-unsaturated/α-hetero) is 1. The fourth-order valence-corrected chi connectivity index (χ4v) is 2.77. The van der Waals surface area contributed by atoms with Crippen LogP contribution in [0, 0.1) is 5.92 Å². The van der Waals surface area contributed by atoms with E-state index in [-0.39, 0.29) is 11.8 Å². The molecule has 1 saturated carbocycles. The van der Waals surface area contributed by atoms with Crippen LogP contribution in [0.2, 0.25) is 0 Å². The summed E-state index contributed by atoms with van der Waals surface area (Å²) in [4.78, 5) is 35.3. The molecule has 0 aliphatic heterocycles. The molecule has 5 heteroatoms. The van der Waals surface area contributed by atoms with Gasteiger partial charge in [0, 0.05) is 17.3 Å². The van der Waals surface area contributed by atoms with Gasteiger partial charge >= 0.3 is 11.8 Å². The second-order valence-corrected chi connectivity index (χ2v) is 5.93. The van der Waals surface area contributed by atoms with Crippen molar-refractivity contribution in [1.82, 2.24) is 5.32 Å². The summed E-state index contributed by atoms with van der Waals surface area (Å²) in [7, 11) is 0. The molecule has 1 fully saturated rings. The minimum atomic E-state index is -0.696. The van der Waals surface area contributed by atoms with Crippen molar-refractivity contribution in [2.75, 3.05) is 5.32 Å². The first-order valence-corrected chi connectivity index (χ1v) is 7.70. The molecule has 1 aromatic rings. The Morgan fingerprint density at radius 2 is 1.82 bits per heavy atom. The van der Waals surface area contributed by atoms with Crippen LogP contribution in [0.1, 0.15) is 49.9 Å². The molecule has 2 rings (SSSR count). The van der Waals surface area contributed by atoms with Gasteiger partial charge in [0.15, 0.2) is 5.78 Å². The van der Waals surface area contributed by atoms with Crippen molar-refractivity contribution < 1.29 is 14.4 Å². The molecule has 0 radical (unpaired) electrons. The lowest BCUT2D eigenvalue weighted by molar-refractivity contribution is -0.137. The molecular formula is C17H22N2O3. The fourth-order valence-electron chi connectivity index (χ4n) is 2.77. The standard InChI is InChI=1S/C17H22N2O3/c1-11-6-3-4-9-15(11)19-17(22)16(21)18-14-8-5-7-13(10-14)12(2)20/h5,7-8,10-11,15H,3-4,6,9H2,1-2H3,(H,18,21)(H,19,22). The lowest BCUT2D eigenvalue weighted by Crippen LogP contribution is -2.45. The highest BCUT2D eigenvalue weighted by Crippen LogP contribution is 2.23. The number of hydrogen-bond donors (Lipinski definition) is 2. The predicted octanol–water partition coefficient (Wildman–Crippen LogP) is 2.52. The fraction of sp³-hybridized carbons (Fsp3) is 0.471. The Hall–Kier alpha value is -2.17. The number of anilines is 1. The molecule has 5 nitrogen and oxygen atoms in total. The zero-order valence-corrected chi connectivity index (χ0v) is 13.0. The van der Waals surface area contributed by atoms with Crippen LogP contribution >= 0.6 is 0 Å². The third-order valence-corrected chi connectivity index (χ3v) is 4.16. The van der Waals surface area contributed by atoms with E-state index < -0.39 is 11.8 Å². The second-order valence-electron chi connectivity index (χ2n) is 5.93. The molecule has 118 valence electrons. The summed E-state index contributed by atoms with van der Waals surface area (Å²) >= 11 is 0. The summed E-state index contributed by atoms with van der Waals surface area (Å²) in [6.07, 6.45) is 4.25. The van der Waals surface area contributed by atoms with E-state index in [4.69, 9.17) is 0 Å². The van der Waals surface area contributed by atoms with E-state index in [1.807, 2.05) is 0 Å². The summed E-state index contributed by atoms with van der Waals surface area (Å²) in [6, 6.07) is 6.63. The average molecular weight is 302 g/mol. The molecule has 2 amide bonds. The maximum absolute atomic E-state index is 12.0. The molecule has 0 aromatic heterocycles. The Balaban J connectivity index is 1.95. The zero-order valence-electron chi connectivity index (χ0n) is 13.0. The highest BCUT2D eigenvalue weighted by Gasteiger charge is 2.25. The lowest BCUT2D eigenvalue weighted by atomic mass is 9.86. The number of rotatable bonds is 3. The molecular weight excluding hydrogens is 280 g/mol. The number of amides is 2. The van der Waals surface area contributed by atoms with E-state index in [1.54, 1.807) is 24.3 Å². The van der Waals surface area contributed by atoms with Gasteiger partial charge in [-0.2, -0.15) is 0 Å². The lowest BCUT2D eigenvalue weighted by Gasteiger charge is -2.29. The maximum Gasteiger partial charge on any atom is 0.313 e. The first-order chi connectivity index (χ1) is 10.5. The molecule has 0 spiro atoms. The Morgan fingerprint density at radius 1 is 1.09 bits per heavy atom. The number of hydrogen-bond acceptors (Lipinski definition) is 3. The van der Waals surface area contributed by atoms with Crippen LogP contribution in [0.25, 0.3) is 0 Å². The number of ketones is 1. The highest BCUT2D eigenvalue weighted by molar-refractivity contribution is 6.39. The molecule has 2 N–H and O–H groups in total. The monoisotopic (exact) mass is 302 g/mol. The Kier molecular flexibility index (Phi) is 5.31. The van der Waals surface area contributed by atoms with Crippen LogP contribution in [0.5, 0.6) is 0 Å². The van der Waals surface area contributed by atoms with Gasteiger partial charge in [-0.25, -0.2) is 0 Å². The number of carbonyl (C=O) groups is 3. The summed E-state index contributed by atoms with van der Waals surface area (Å²) in [6.45, 7) is 3.55. The molecule has 1 aromatic carbocycles. The second kappa shape index (κ2) is 7.20. The third kappa shape index (κ3) is 4.16. The van der Waals surface area contributed by atoms with Gasteiger partial charge in [0.25, 0.3) is 0 Å². The molecule has 22 heavy (non-hydrogen) atoms. The molecule has 0 bridgehead atoms. The molecule has 0 saturated heterocycles. The maximum atomic E-state index is 12.0. The molecule has 2 atom stereocenters. The number of nitrogens with one attached hydrogen (secondary N) is 2. The van der Waals surface area contributed by atoms with Gasteiger partial charge in [-0.05, 0) is 37.8 Å². The number of benzene rings is 1. The predicted molar refractivity (Wildman–Crippen MR) is 84.6 cm³/mol. The Bertz CT molecular complexity index is 583. The molecule has 1 aliphatic rings. The topological polar surface area (TPSA) is 75.3 Å². The van der Waals surface area contributed by atoms with Crippen LogP contribution in [-0.4, -0.2) is 23.6 Å². The first-order valence-electron chi connectivity index (χ1n) is 7.70. The van der Waals surface area contributed by atoms with Gasteiger partial charge < -0.3 is 10.6 Å². The van der Waals surface area contributed by atoms with E-state index in [2.05, 4.69) is 17.6 Å². The molecule has 0 heterocycles. The quantitative estimate of drug-likeness (QED) is 0.665. The minimum absolute atomic E-state index is 0.0653. The normalized spacial score (nSPS) is 21.0. The summed E-state index contributed by atoms with van der Waals surface area (Å²) in [5.74, 6) is -1.01. The zero-order chi connectivity index (χ0) is 16.1. The Morgan fingerprint density at radius 3 is 2.50 bits per heavy atom. The largest absolute Gasteiger partial charge is 0.345 e. The van der Waals surface area contributed by atoms with Crippen molar-refractivity contribution in [3.8, 4) is 0 Å². The van der Waals surface area contributed by atoms with Crippen LogP contribution in [0.15, 0.2) is 24.3 Å². The van der Waals surface area contributed by atoms with Crippen LogP contribution in [-0.2, 0) is 9.59 Å². The first kappa shape index (κ1) is 16.2. The van der Waals surface area contributed by atoms with Crippen molar-refractivity contribution in [2.24, 2.45) is 5.92 Å². The van der Waals surface area contributed by atoms with Gasteiger partial charge in [0.05, 0.1) is 0 Å². The van der Waals surface area contributed by atoms with Crippen molar-refractivity contribution in [1.29, 1.82) is 0 Å². The Labute approximate surface area is 130 Å². The van der Waals surface area contributed by atoms with Crippen molar-refractivity contribution in [2.45, 2.75) is 45.6 Å². The summed E-state index contributed by atoms with van der Waals surface area (Å²) in [5.41, 5.74) is 0.948. The SMILES string of the molecule is CC(=O)c1cccc(NC(=O)C(=O)NC2CCCCC2C)c1.